The van der Waals surface area contributed by atoms with E-state index < -0.39 is 12.0 Å². The first-order valence-corrected chi connectivity index (χ1v) is 6.12. The predicted molar refractivity (Wildman–Crippen MR) is 69.5 cm³/mol. The van der Waals surface area contributed by atoms with Gasteiger partial charge in [-0.15, -0.1) is 0 Å². The van der Waals surface area contributed by atoms with Crippen molar-refractivity contribution in [2.45, 2.75) is 12.5 Å². The lowest BCUT2D eigenvalue weighted by molar-refractivity contribution is -0.142. The number of methoxy groups -OCH3 is 1. The van der Waals surface area contributed by atoms with Crippen LogP contribution >= 0.6 is 39.1 Å². The van der Waals surface area contributed by atoms with Gasteiger partial charge in [0.1, 0.15) is 11.8 Å². The zero-order valence-electron chi connectivity index (χ0n) is 8.84. The van der Waals surface area contributed by atoms with Crippen LogP contribution in [0.15, 0.2) is 10.5 Å². The summed E-state index contributed by atoms with van der Waals surface area (Å²) in [6.07, 6.45) is 0.105. The lowest BCUT2D eigenvalue weighted by atomic mass is 10.1. The number of hydrogen-bond donors (Lipinski definition) is 2. The standard InChI is InChI=1S/C10H10BrCl2NO3/c1-17-10(16)6(14)3-4-2-5(12)8(13)7(11)9(4)15/h2,6,15H,3,14H2,1H3. The number of nitrogens with two attached hydrogens (primary N) is 1. The third-order valence-electron chi connectivity index (χ3n) is 2.16. The monoisotopic (exact) mass is 341 g/mol. The number of phenols is 1. The summed E-state index contributed by atoms with van der Waals surface area (Å²) < 4.78 is 4.77. The molecular weight excluding hydrogens is 333 g/mol. The first-order valence-electron chi connectivity index (χ1n) is 4.57. The number of rotatable bonds is 3. The lowest BCUT2D eigenvalue weighted by Crippen LogP contribution is -2.33. The fourth-order valence-electron chi connectivity index (χ4n) is 1.26. The number of aromatic hydroxyl groups is 1. The third-order valence-corrected chi connectivity index (χ3v) is 3.95. The van der Waals surface area contributed by atoms with E-state index in [1.807, 2.05) is 0 Å². The number of halogens is 3. The van der Waals surface area contributed by atoms with Gasteiger partial charge in [-0.25, -0.2) is 0 Å². The SMILES string of the molecule is COC(=O)C(N)Cc1cc(Cl)c(Cl)c(Br)c1O. The quantitative estimate of drug-likeness (QED) is 0.654. The number of carbonyl (C=O) groups is 1. The van der Waals surface area contributed by atoms with Crippen LogP contribution < -0.4 is 5.73 Å². The summed E-state index contributed by atoms with van der Waals surface area (Å²) in [7, 11) is 1.24. The second-order valence-electron chi connectivity index (χ2n) is 3.33. The molecule has 0 saturated carbocycles. The maximum atomic E-state index is 11.2. The molecule has 0 bridgehead atoms. The molecule has 1 rings (SSSR count). The van der Waals surface area contributed by atoms with Crippen LogP contribution in [0.4, 0.5) is 0 Å². The highest BCUT2D eigenvalue weighted by Crippen LogP contribution is 2.39. The van der Waals surface area contributed by atoms with Crippen LogP contribution in [0.1, 0.15) is 5.56 Å². The highest BCUT2D eigenvalue weighted by molar-refractivity contribution is 9.10. The Morgan fingerprint density at radius 1 is 1.65 bits per heavy atom. The number of hydrogen-bond acceptors (Lipinski definition) is 4. The van der Waals surface area contributed by atoms with E-state index in [2.05, 4.69) is 20.7 Å². The Morgan fingerprint density at radius 2 is 2.24 bits per heavy atom. The summed E-state index contributed by atoms with van der Waals surface area (Å²) in [6.45, 7) is 0. The van der Waals surface area contributed by atoms with Gasteiger partial charge in [-0.1, -0.05) is 23.2 Å². The molecule has 0 spiro atoms. The van der Waals surface area contributed by atoms with E-state index in [1.54, 1.807) is 0 Å². The maximum absolute atomic E-state index is 11.2. The van der Waals surface area contributed by atoms with E-state index in [-0.39, 0.29) is 26.7 Å². The molecule has 0 amide bonds. The van der Waals surface area contributed by atoms with Crippen LogP contribution in [0.3, 0.4) is 0 Å². The molecule has 0 saturated heterocycles. The Hall–Kier alpha value is -0.490. The number of phenolic OH excluding ortho intramolecular Hbond substituents is 1. The molecule has 1 aromatic carbocycles. The van der Waals surface area contributed by atoms with Crippen molar-refractivity contribution in [1.29, 1.82) is 0 Å². The number of esters is 1. The van der Waals surface area contributed by atoms with Gasteiger partial charge in [0, 0.05) is 6.42 Å². The average molecular weight is 343 g/mol. The third kappa shape index (κ3) is 3.25. The summed E-state index contributed by atoms with van der Waals surface area (Å²) in [5.74, 6) is -0.648. The summed E-state index contributed by atoms with van der Waals surface area (Å²) in [4.78, 5) is 11.2. The Bertz CT molecular complexity index is 454. The first kappa shape index (κ1) is 14.6. The fraction of sp³-hybridized carbons (Fsp3) is 0.300. The minimum atomic E-state index is -0.866. The molecule has 1 aromatic rings. The van der Waals surface area contributed by atoms with Gasteiger partial charge in [0.15, 0.2) is 0 Å². The molecule has 7 heteroatoms. The first-order chi connectivity index (χ1) is 7.88. The average Bonchev–Trinajstić information content (AvgIpc) is 2.32. The smallest absolute Gasteiger partial charge is 0.322 e. The van der Waals surface area contributed by atoms with Gasteiger partial charge >= 0.3 is 5.97 Å². The van der Waals surface area contributed by atoms with E-state index >= 15 is 0 Å². The molecule has 0 aliphatic heterocycles. The Kier molecular flexibility index (Phi) is 5.06. The zero-order chi connectivity index (χ0) is 13.2. The van der Waals surface area contributed by atoms with Crippen LogP contribution in [0.25, 0.3) is 0 Å². The Morgan fingerprint density at radius 3 is 2.76 bits per heavy atom. The topological polar surface area (TPSA) is 72.5 Å². The Balaban J connectivity index is 3.04. The van der Waals surface area contributed by atoms with Crippen molar-refractivity contribution in [2.75, 3.05) is 7.11 Å². The molecule has 0 aromatic heterocycles. The van der Waals surface area contributed by atoms with E-state index in [0.29, 0.717) is 5.56 Å². The molecule has 1 atom stereocenters. The molecule has 0 radical (unpaired) electrons. The van der Waals surface area contributed by atoms with E-state index in [0.717, 1.165) is 0 Å². The van der Waals surface area contributed by atoms with Gasteiger partial charge in [-0.05, 0) is 27.6 Å². The van der Waals surface area contributed by atoms with Gasteiger partial charge in [0.2, 0.25) is 0 Å². The van der Waals surface area contributed by atoms with Crippen molar-refractivity contribution >= 4 is 45.1 Å². The molecule has 0 fully saturated rings. The minimum absolute atomic E-state index is 0.0845. The highest BCUT2D eigenvalue weighted by atomic mass is 79.9. The van der Waals surface area contributed by atoms with Gasteiger partial charge in [0.05, 0.1) is 21.6 Å². The molecular formula is C10H10BrCl2NO3. The molecule has 94 valence electrons. The van der Waals surface area contributed by atoms with E-state index in [1.165, 1.54) is 13.2 Å². The molecule has 1 unspecified atom stereocenters. The maximum Gasteiger partial charge on any atom is 0.322 e. The summed E-state index contributed by atoms with van der Waals surface area (Å²) in [5.41, 5.74) is 6.01. The molecule has 4 nitrogen and oxygen atoms in total. The summed E-state index contributed by atoms with van der Waals surface area (Å²) >= 11 is 14.8. The number of ether oxygens (including phenoxy) is 1. The van der Waals surface area contributed by atoms with Crippen molar-refractivity contribution in [3.05, 3.63) is 26.1 Å². The van der Waals surface area contributed by atoms with Crippen LogP contribution in [-0.2, 0) is 16.0 Å². The molecule has 0 aliphatic rings. The molecule has 0 aliphatic carbocycles. The largest absolute Gasteiger partial charge is 0.506 e. The van der Waals surface area contributed by atoms with Crippen LogP contribution in [-0.4, -0.2) is 24.2 Å². The van der Waals surface area contributed by atoms with Gasteiger partial charge < -0.3 is 15.6 Å². The predicted octanol–water partition coefficient (Wildman–Crippen LogP) is 2.50. The molecule has 0 heterocycles. The number of benzene rings is 1. The zero-order valence-corrected chi connectivity index (χ0v) is 11.9. The van der Waals surface area contributed by atoms with Gasteiger partial charge in [0.25, 0.3) is 0 Å². The van der Waals surface area contributed by atoms with E-state index in [9.17, 15) is 9.90 Å². The van der Waals surface area contributed by atoms with Crippen molar-refractivity contribution in [2.24, 2.45) is 5.73 Å². The van der Waals surface area contributed by atoms with Crippen molar-refractivity contribution in [3.8, 4) is 5.75 Å². The Labute approximate surface area is 117 Å². The van der Waals surface area contributed by atoms with Crippen LogP contribution in [0, 0.1) is 0 Å². The van der Waals surface area contributed by atoms with Gasteiger partial charge in [-0.2, -0.15) is 0 Å². The molecule has 17 heavy (non-hydrogen) atoms. The fourth-order valence-corrected chi connectivity index (χ4v) is 2.21. The van der Waals surface area contributed by atoms with E-state index in [4.69, 9.17) is 28.9 Å². The summed E-state index contributed by atoms with van der Waals surface area (Å²) in [5, 5.41) is 10.3. The summed E-state index contributed by atoms with van der Waals surface area (Å²) in [6, 6.07) is 0.599. The molecule has 3 N–H and O–H groups in total. The van der Waals surface area contributed by atoms with Gasteiger partial charge in [-0.3, -0.25) is 4.79 Å². The van der Waals surface area contributed by atoms with Crippen LogP contribution in [0.5, 0.6) is 5.75 Å². The van der Waals surface area contributed by atoms with Crippen LogP contribution in [0.2, 0.25) is 10.0 Å². The normalized spacial score (nSPS) is 12.3. The second-order valence-corrected chi connectivity index (χ2v) is 4.91. The van der Waals surface area contributed by atoms with Crippen molar-refractivity contribution < 1.29 is 14.6 Å². The lowest BCUT2D eigenvalue weighted by Gasteiger charge is -2.13. The number of carbonyl (C=O) groups excluding carboxylic acids is 1. The highest BCUT2D eigenvalue weighted by Gasteiger charge is 2.19. The van der Waals surface area contributed by atoms with Crippen molar-refractivity contribution in [1.82, 2.24) is 0 Å². The minimum Gasteiger partial charge on any atom is -0.506 e. The van der Waals surface area contributed by atoms with Crippen molar-refractivity contribution in [3.63, 3.8) is 0 Å². The second kappa shape index (κ2) is 5.91.